The number of hydrogen-bond acceptors (Lipinski definition) is 4. The number of nitrogens with zero attached hydrogens (tertiary/aromatic N) is 1. The van der Waals surface area contributed by atoms with Gasteiger partial charge in [0.25, 0.3) is 0 Å². The minimum absolute atomic E-state index is 0.0382. The van der Waals surface area contributed by atoms with E-state index in [1.54, 1.807) is 18.7 Å². The molecule has 1 aliphatic rings. The summed E-state index contributed by atoms with van der Waals surface area (Å²) in [6.45, 7) is 5.02. The first kappa shape index (κ1) is 15.8. The van der Waals surface area contributed by atoms with Crippen LogP contribution in [0.2, 0.25) is 0 Å². The maximum absolute atomic E-state index is 11.9. The van der Waals surface area contributed by atoms with E-state index in [1.165, 1.54) is 0 Å². The Bertz CT molecular complexity index is 307. The molecule has 0 radical (unpaired) electrons. The Labute approximate surface area is 114 Å². The van der Waals surface area contributed by atoms with Crippen LogP contribution < -0.4 is 5.32 Å². The Morgan fingerprint density at radius 1 is 1.53 bits per heavy atom. The molecule has 0 saturated carbocycles. The first-order valence-electron chi connectivity index (χ1n) is 6.92. The van der Waals surface area contributed by atoms with Gasteiger partial charge in [-0.2, -0.15) is 0 Å². The van der Waals surface area contributed by atoms with Crippen LogP contribution >= 0.6 is 0 Å². The van der Waals surface area contributed by atoms with E-state index in [-0.39, 0.29) is 11.9 Å². The predicted octanol–water partition coefficient (Wildman–Crippen LogP) is 0.885. The van der Waals surface area contributed by atoms with Crippen molar-refractivity contribution in [3.05, 3.63) is 0 Å². The second kappa shape index (κ2) is 7.99. The molecule has 0 bridgehead atoms. The molecule has 1 saturated heterocycles. The number of alkyl carbamates (subject to hydrolysis) is 1. The number of aliphatic hydroxyl groups is 1. The van der Waals surface area contributed by atoms with Crippen LogP contribution in [0.15, 0.2) is 0 Å². The third-order valence-electron chi connectivity index (χ3n) is 3.15. The average molecular weight is 272 g/mol. The molecule has 1 heterocycles. The summed E-state index contributed by atoms with van der Waals surface area (Å²) in [4.78, 5) is 25.0. The van der Waals surface area contributed by atoms with Crippen molar-refractivity contribution >= 4 is 12.0 Å². The van der Waals surface area contributed by atoms with Crippen LogP contribution in [0.25, 0.3) is 0 Å². The molecule has 19 heavy (non-hydrogen) atoms. The Morgan fingerprint density at radius 3 is 2.89 bits per heavy atom. The number of nitrogens with one attached hydrogen (secondary N) is 1. The quantitative estimate of drug-likeness (QED) is 0.779. The van der Waals surface area contributed by atoms with Crippen LogP contribution in [0, 0.1) is 0 Å². The standard InChI is InChI=1S/C13H24N2O4/c1-3-19-13(18)14-11-5-4-8-15(9-11)12(17)7-6-10(2)16/h10-11,16H,3-9H2,1-2H3,(H,14,18). The SMILES string of the molecule is CCOC(=O)NC1CCCN(C(=O)CCC(C)O)C1. The Morgan fingerprint density at radius 2 is 2.26 bits per heavy atom. The molecule has 6 nitrogen and oxygen atoms in total. The van der Waals surface area contributed by atoms with Crippen molar-refractivity contribution in [1.82, 2.24) is 10.2 Å². The summed E-state index contributed by atoms with van der Waals surface area (Å²) in [6.07, 6.45) is 1.68. The molecule has 2 atom stereocenters. The van der Waals surface area contributed by atoms with E-state index >= 15 is 0 Å². The summed E-state index contributed by atoms with van der Waals surface area (Å²) in [5, 5.41) is 12.0. The number of rotatable bonds is 5. The molecule has 0 aliphatic carbocycles. The van der Waals surface area contributed by atoms with E-state index in [0.29, 0.717) is 26.0 Å². The van der Waals surface area contributed by atoms with E-state index in [9.17, 15) is 14.7 Å². The second-order valence-corrected chi connectivity index (χ2v) is 4.93. The first-order valence-corrected chi connectivity index (χ1v) is 6.92. The first-order chi connectivity index (χ1) is 9.02. The van der Waals surface area contributed by atoms with Gasteiger partial charge in [0.05, 0.1) is 12.7 Å². The van der Waals surface area contributed by atoms with E-state index in [1.807, 2.05) is 0 Å². The summed E-state index contributed by atoms with van der Waals surface area (Å²) in [5.41, 5.74) is 0. The molecule has 0 aromatic rings. The molecule has 0 aromatic carbocycles. The summed E-state index contributed by atoms with van der Waals surface area (Å²) in [7, 11) is 0. The molecule has 110 valence electrons. The van der Waals surface area contributed by atoms with E-state index < -0.39 is 12.2 Å². The third-order valence-corrected chi connectivity index (χ3v) is 3.15. The number of hydrogen-bond donors (Lipinski definition) is 2. The number of ether oxygens (including phenoxy) is 1. The van der Waals surface area contributed by atoms with E-state index in [4.69, 9.17) is 4.74 Å². The van der Waals surface area contributed by atoms with E-state index in [2.05, 4.69) is 5.32 Å². The fourth-order valence-corrected chi connectivity index (χ4v) is 2.15. The lowest BCUT2D eigenvalue weighted by Crippen LogP contribution is -2.49. The molecular formula is C13H24N2O4. The maximum atomic E-state index is 11.9. The normalized spacial score (nSPS) is 20.8. The van der Waals surface area contributed by atoms with Gasteiger partial charge in [0.15, 0.2) is 0 Å². The van der Waals surface area contributed by atoms with Crippen LogP contribution in [-0.4, -0.2) is 53.8 Å². The molecule has 2 unspecified atom stereocenters. The highest BCUT2D eigenvalue weighted by Crippen LogP contribution is 2.12. The van der Waals surface area contributed by atoms with Gasteiger partial charge in [-0.1, -0.05) is 0 Å². The summed E-state index contributed by atoms with van der Waals surface area (Å²) < 4.78 is 4.83. The van der Waals surface area contributed by atoms with Crippen LogP contribution in [-0.2, 0) is 9.53 Å². The van der Waals surface area contributed by atoms with Crippen LogP contribution in [0.5, 0.6) is 0 Å². The van der Waals surface area contributed by atoms with Gasteiger partial charge in [-0.3, -0.25) is 4.79 Å². The number of carbonyl (C=O) groups excluding carboxylic acids is 2. The molecule has 6 heteroatoms. The highest BCUT2D eigenvalue weighted by atomic mass is 16.5. The zero-order valence-corrected chi connectivity index (χ0v) is 11.7. The van der Waals surface area contributed by atoms with Crippen molar-refractivity contribution in [3.63, 3.8) is 0 Å². The Balaban J connectivity index is 2.36. The highest BCUT2D eigenvalue weighted by Gasteiger charge is 2.24. The fraction of sp³-hybridized carbons (Fsp3) is 0.846. The lowest BCUT2D eigenvalue weighted by molar-refractivity contribution is -0.133. The van der Waals surface area contributed by atoms with Gasteiger partial charge in [0.2, 0.25) is 5.91 Å². The molecule has 0 spiro atoms. The fourth-order valence-electron chi connectivity index (χ4n) is 2.15. The largest absolute Gasteiger partial charge is 0.450 e. The number of aliphatic hydroxyl groups excluding tert-OH is 1. The molecule has 1 aliphatic heterocycles. The maximum Gasteiger partial charge on any atom is 0.407 e. The van der Waals surface area contributed by atoms with Gasteiger partial charge in [0, 0.05) is 25.6 Å². The summed E-state index contributed by atoms with van der Waals surface area (Å²) in [5.74, 6) is 0.0382. The predicted molar refractivity (Wildman–Crippen MR) is 70.7 cm³/mol. The van der Waals surface area contributed by atoms with Crippen LogP contribution in [0.3, 0.4) is 0 Å². The molecular weight excluding hydrogens is 248 g/mol. The summed E-state index contributed by atoms with van der Waals surface area (Å²) in [6, 6.07) is -0.0386. The highest BCUT2D eigenvalue weighted by molar-refractivity contribution is 5.76. The molecule has 1 rings (SSSR count). The van der Waals surface area contributed by atoms with Crippen molar-refractivity contribution in [1.29, 1.82) is 0 Å². The van der Waals surface area contributed by atoms with Crippen molar-refractivity contribution in [3.8, 4) is 0 Å². The topological polar surface area (TPSA) is 78.9 Å². The van der Waals surface area contributed by atoms with Gasteiger partial charge in [0.1, 0.15) is 0 Å². The van der Waals surface area contributed by atoms with Crippen molar-refractivity contribution in [2.75, 3.05) is 19.7 Å². The molecule has 2 amide bonds. The smallest absolute Gasteiger partial charge is 0.407 e. The van der Waals surface area contributed by atoms with Crippen molar-refractivity contribution in [2.24, 2.45) is 0 Å². The zero-order valence-electron chi connectivity index (χ0n) is 11.7. The minimum Gasteiger partial charge on any atom is -0.450 e. The minimum atomic E-state index is -0.456. The number of amides is 2. The number of piperidine rings is 1. The summed E-state index contributed by atoms with van der Waals surface area (Å²) >= 11 is 0. The number of carbonyl (C=O) groups is 2. The van der Waals surface area contributed by atoms with E-state index in [0.717, 1.165) is 19.4 Å². The monoisotopic (exact) mass is 272 g/mol. The lowest BCUT2D eigenvalue weighted by Gasteiger charge is -2.33. The average Bonchev–Trinajstić information content (AvgIpc) is 2.36. The van der Waals surface area contributed by atoms with Crippen molar-refractivity contribution in [2.45, 2.75) is 51.7 Å². The van der Waals surface area contributed by atoms with Gasteiger partial charge in [-0.25, -0.2) is 4.79 Å². The second-order valence-electron chi connectivity index (χ2n) is 4.93. The van der Waals surface area contributed by atoms with Gasteiger partial charge in [-0.15, -0.1) is 0 Å². The Hall–Kier alpha value is -1.30. The van der Waals surface area contributed by atoms with Crippen molar-refractivity contribution < 1.29 is 19.4 Å². The lowest BCUT2D eigenvalue weighted by atomic mass is 10.0. The Kier molecular flexibility index (Phi) is 6.62. The van der Waals surface area contributed by atoms with Gasteiger partial charge in [-0.05, 0) is 33.1 Å². The number of likely N-dealkylation sites (tertiary alicyclic amines) is 1. The zero-order chi connectivity index (χ0) is 14.3. The van der Waals surface area contributed by atoms with Gasteiger partial charge < -0.3 is 20.1 Å². The molecule has 0 aromatic heterocycles. The molecule has 2 N–H and O–H groups in total. The van der Waals surface area contributed by atoms with Crippen LogP contribution in [0.1, 0.15) is 39.5 Å². The third kappa shape index (κ3) is 5.92. The molecule has 1 fully saturated rings. The van der Waals surface area contributed by atoms with Gasteiger partial charge >= 0.3 is 6.09 Å². The van der Waals surface area contributed by atoms with Crippen LogP contribution in [0.4, 0.5) is 4.79 Å².